The van der Waals surface area contributed by atoms with Crippen LogP contribution in [0.25, 0.3) is 11.5 Å². The summed E-state index contributed by atoms with van der Waals surface area (Å²) in [6, 6.07) is 1.69. The largest absolute Gasteiger partial charge is 0.334 e. The van der Waals surface area contributed by atoms with Crippen molar-refractivity contribution in [2.24, 2.45) is 0 Å². The highest BCUT2D eigenvalue weighted by Crippen LogP contribution is 2.27. The summed E-state index contributed by atoms with van der Waals surface area (Å²) in [7, 11) is 0. The molecule has 0 amide bonds. The van der Waals surface area contributed by atoms with Crippen LogP contribution in [-0.2, 0) is 0 Å². The third kappa shape index (κ3) is 2.40. The van der Waals surface area contributed by atoms with E-state index < -0.39 is 17.5 Å². The first kappa shape index (κ1) is 13.1. The Morgan fingerprint density at radius 3 is 2.40 bits per heavy atom. The van der Waals surface area contributed by atoms with Crippen molar-refractivity contribution in [2.75, 3.05) is 13.1 Å². The number of hydrogen-bond donors (Lipinski definition) is 1. The van der Waals surface area contributed by atoms with Crippen molar-refractivity contribution < 1.29 is 17.7 Å². The van der Waals surface area contributed by atoms with Gasteiger partial charge in [0.1, 0.15) is 0 Å². The van der Waals surface area contributed by atoms with Crippen molar-refractivity contribution in [3.8, 4) is 11.5 Å². The predicted octanol–water partition coefficient (Wildman–Crippen LogP) is 2.62. The summed E-state index contributed by atoms with van der Waals surface area (Å²) >= 11 is 0. The number of rotatable bonds is 2. The molecule has 0 atom stereocenters. The minimum Gasteiger partial charge on any atom is -0.334 e. The van der Waals surface area contributed by atoms with Crippen LogP contribution in [0.5, 0.6) is 0 Å². The Labute approximate surface area is 113 Å². The van der Waals surface area contributed by atoms with Crippen molar-refractivity contribution in [3.05, 3.63) is 35.4 Å². The summed E-state index contributed by atoms with van der Waals surface area (Å²) in [6.07, 6.45) is 1.76. The van der Waals surface area contributed by atoms with E-state index in [0.29, 0.717) is 5.82 Å². The molecule has 0 aliphatic carbocycles. The summed E-state index contributed by atoms with van der Waals surface area (Å²) in [5, 5.41) is 7.06. The van der Waals surface area contributed by atoms with E-state index in [2.05, 4.69) is 15.5 Å². The summed E-state index contributed by atoms with van der Waals surface area (Å²) < 4.78 is 44.3. The molecular weight excluding hydrogens is 271 g/mol. The fourth-order valence-corrected chi connectivity index (χ4v) is 2.28. The number of halogens is 3. The molecule has 3 rings (SSSR count). The molecule has 1 N–H and O–H groups in total. The molecule has 106 valence electrons. The molecule has 0 radical (unpaired) electrons. The first-order valence-electron chi connectivity index (χ1n) is 6.34. The molecule has 2 aromatic rings. The Morgan fingerprint density at radius 1 is 1.10 bits per heavy atom. The van der Waals surface area contributed by atoms with E-state index in [1.165, 1.54) is 0 Å². The summed E-state index contributed by atoms with van der Waals surface area (Å²) in [5.74, 6) is -3.37. The Bertz CT molecular complexity index is 600. The van der Waals surface area contributed by atoms with E-state index >= 15 is 0 Å². The number of nitrogens with zero attached hydrogens (tertiary/aromatic N) is 2. The minimum atomic E-state index is -1.51. The maximum atomic E-state index is 13.2. The van der Waals surface area contributed by atoms with Crippen LogP contribution < -0.4 is 5.32 Å². The Kier molecular flexibility index (Phi) is 3.43. The quantitative estimate of drug-likeness (QED) is 0.861. The predicted molar refractivity (Wildman–Crippen MR) is 64.5 cm³/mol. The molecule has 0 spiro atoms. The second kappa shape index (κ2) is 5.24. The zero-order valence-electron chi connectivity index (χ0n) is 10.5. The zero-order chi connectivity index (χ0) is 14.1. The molecule has 1 saturated heterocycles. The van der Waals surface area contributed by atoms with Crippen LogP contribution in [0.3, 0.4) is 0 Å². The van der Waals surface area contributed by atoms with Crippen molar-refractivity contribution >= 4 is 0 Å². The second-order valence-corrected chi connectivity index (χ2v) is 4.74. The Morgan fingerprint density at radius 2 is 1.75 bits per heavy atom. The van der Waals surface area contributed by atoms with Crippen LogP contribution in [0.1, 0.15) is 24.6 Å². The number of piperidine rings is 1. The maximum Gasteiger partial charge on any atom is 0.258 e. The van der Waals surface area contributed by atoms with E-state index in [0.717, 1.165) is 38.1 Å². The van der Waals surface area contributed by atoms with Crippen molar-refractivity contribution in [3.63, 3.8) is 0 Å². The average Bonchev–Trinajstić information content (AvgIpc) is 2.95. The number of aromatic nitrogens is 2. The van der Waals surface area contributed by atoms with Crippen LogP contribution in [0, 0.1) is 17.5 Å². The first-order valence-corrected chi connectivity index (χ1v) is 6.34. The smallest absolute Gasteiger partial charge is 0.258 e. The van der Waals surface area contributed by atoms with Crippen molar-refractivity contribution in [2.45, 2.75) is 18.8 Å². The SMILES string of the molecule is Fc1cc(-c2nc(C3CCNCC3)no2)cc(F)c1F. The molecule has 4 nitrogen and oxygen atoms in total. The van der Waals surface area contributed by atoms with Crippen LogP contribution in [-0.4, -0.2) is 23.2 Å². The van der Waals surface area contributed by atoms with Gasteiger partial charge in [0.25, 0.3) is 5.89 Å². The third-order valence-corrected chi connectivity index (χ3v) is 3.38. The number of benzene rings is 1. The van der Waals surface area contributed by atoms with Crippen LogP contribution in [0.4, 0.5) is 13.2 Å². The van der Waals surface area contributed by atoms with Gasteiger partial charge in [-0.15, -0.1) is 0 Å². The highest BCUT2D eigenvalue weighted by atomic mass is 19.2. The van der Waals surface area contributed by atoms with E-state index in [1.54, 1.807) is 0 Å². The van der Waals surface area contributed by atoms with Gasteiger partial charge in [-0.3, -0.25) is 0 Å². The van der Waals surface area contributed by atoms with E-state index in [-0.39, 0.29) is 17.4 Å². The molecule has 1 fully saturated rings. The van der Waals surface area contributed by atoms with Crippen LogP contribution in [0.15, 0.2) is 16.7 Å². The van der Waals surface area contributed by atoms with Crippen LogP contribution in [0.2, 0.25) is 0 Å². The average molecular weight is 283 g/mol. The van der Waals surface area contributed by atoms with Gasteiger partial charge in [-0.1, -0.05) is 5.16 Å². The van der Waals surface area contributed by atoms with Gasteiger partial charge in [0.15, 0.2) is 23.3 Å². The second-order valence-electron chi connectivity index (χ2n) is 4.74. The summed E-state index contributed by atoms with van der Waals surface area (Å²) in [5.41, 5.74) is 0.0362. The monoisotopic (exact) mass is 283 g/mol. The molecular formula is C13H12F3N3O. The highest BCUT2D eigenvalue weighted by molar-refractivity contribution is 5.53. The molecule has 1 aromatic heterocycles. The van der Waals surface area contributed by atoms with Gasteiger partial charge in [-0.2, -0.15) is 4.98 Å². The van der Waals surface area contributed by atoms with E-state index in [4.69, 9.17) is 4.52 Å². The van der Waals surface area contributed by atoms with Gasteiger partial charge >= 0.3 is 0 Å². The van der Waals surface area contributed by atoms with E-state index in [9.17, 15) is 13.2 Å². The third-order valence-electron chi connectivity index (χ3n) is 3.38. The standard InChI is InChI=1S/C13H12F3N3O/c14-9-5-8(6-10(15)11(9)16)13-18-12(19-20-13)7-1-3-17-4-2-7/h5-7,17H,1-4H2. The number of hydrogen-bond acceptors (Lipinski definition) is 4. The molecule has 2 heterocycles. The van der Waals surface area contributed by atoms with Gasteiger partial charge in [-0.25, -0.2) is 13.2 Å². The summed E-state index contributed by atoms with van der Waals surface area (Å²) in [4.78, 5) is 4.15. The first-order chi connectivity index (χ1) is 9.65. The van der Waals surface area contributed by atoms with Gasteiger partial charge in [0.2, 0.25) is 0 Å². The van der Waals surface area contributed by atoms with Crippen molar-refractivity contribution in [1.29, 1.82) is 0 Å². The minimum absolute atomic E-state index is 0.00340. The van der Waals surface area contributed by atoms with Gasteiger partial charge in [-0.05, 0) is 38.1 Å². The molecule has 0 bridgehead atoms. The molecule has 0 unspecified atom stereocenters. The normalized spacial score (nSPS) is 16.6. The molecule has 0 saturated carbocycles. The van der Waals surface area contributed by atoms with Gasteiger partial charge < -0.3 is 9.84 Å². The lowest BCUT2D eigenvalue weighted by molar-refractivity contribution is 0.391. The fourth-order valence-electron chi connectivity index (χ4n) is 2.28. The topological polar surface area (TPSA) is 51.0 Å². The van der Waals surface area contributed by atoms with Crippen molar-refractivity contribution in [1.82, 2.24) is 15.5 Å². The molecule has 1 aliphatic rings. The lowest BCUT2D eigenvalue weighted by Crippen LogP contribution is -2.27. The fraction of sp³-hybridized carbons (Fsp3) is 0.385. The van der Waals surface area contributed by atoms with Gasteiger partial charge in [0, 0.05) is 11.5 Å². The van der Waals surface area contributed by atoms with E-state index in [1.807, 2.05) is 0 Å². The number of nitrogens with one attached hydrogen (secondary N) is 1. The molecule has 1 aromatic carbocycles. The molecule has 7 heteroatoms. The lowest BCUT2D eigenvalue weighted by atomic mass is 9.98. The lowest BCUT2D eigenvalue weighted by Gasteiger charge is -2.18. The van der Waals surface area contributed by atoms with Gasteiger partial charge in [0.05, 0.1) is 0 Å². The maximum absolute atomic E-state index is 13.2. The Hall–Kier alpha value is -1.89. The molecule has 20 heavy (non-hydrogen) atoms. The summed E-state index contributed by atoms with van der Waals surface area (Å²) in [6.45, 7) is 1.74. The molecule has 1 aliphatic heterocycles. The highest BCUT2D eigenvalue weighted by Gasteiger charge is 2.22. The zero-order valence-corrected chi connectivity index (χ0v) is 10.5. The van der Waals surface area contributed by atoms with Crippen LogP contribution >= 0.6 is 0 Å². The Balaban J connectivity index is 1.89.